The van der Waals surface area contributed by atoms with E-state index in [1.807, 2.05) is 0 Å². The van der Waals surface area contributed by atoms with Gasteiger partial charge in [-0.05, 0) is 19.3 Å². The number of amides is 4. The Morgan fingerprint density at radius 3 is 2.46 bits per heavy atom. The second kappa shape index (κ2) is 12.5. The fourth-order valence-electron chi connectivity index (χ4n) is 3.68. The van der Waals surface area contributed by atoms with Gasteiger partial charge in [0, 0.05) is 31.3 Å². The van der Waals surface area contributed by atoms with Crippen molar-refractivity contribution < 1.29 is 39.0 Å². The zero-order valence-electron chi connectivity index (χ0n) is 18.8. The SMILES string of the molecule is NC(=O)CC(NC(=O)C1CCCN1C(=O)C(Cc1cnc[nH]1)NC(=O)C(N)CCC(=O)O)C(=O)O. The van der Waals surface area contributed by atoms with Crippen molar-refractivity contribution in [3.05, 3.63) is 18.2 Å². The minimum atomic E-state index is -1.55. The zero-order valence-corrected chi connectivity index (χ0v) is 18.8. The van der Waals surface area contributed by atoms with Gasteiger partial charge in [-0.25, -0.2) is 9.78 Å². The average molecular weight is 495 g/mol. The van der Waals surface area contributed by atoms with Crippen LogP contribution in [0.4, 0.5) is 0 Å². The normalized spacial score (nSPS) is 17.7. The fourth-order valence-corrected chi connectivity index (χ4v) is 3.68. The van der Waals surface area contributed by atoms with Gasteiger partial charge in [0.1, 0.15) is 18.1 Å². The predicted molar refractivity (Wildman–Crippen MR) is 117 cm³/mol. The van der Waals surface area contributed by atoms with Crippen LogP contribution in [-0.2, 0) is 35.2 Å². The molecule has 35 heavy (non-hydrogen) atoms. The van der Waals surface area contributed by atoms with Gasteiger partial charge in [0.05, 0.1) is 18.8 Å². The van der Waals surface area contributed by atoms with Gasteiger partial charge < -0.3 is 42.2 Å². The Bertz CT molecular complexity index is 951. The molecular formula is C20H29N7O8. The van der Waals surface area contributed by atoms with Crippen molar-refractivity contribution in [3.63, 3.8) is 0 Å². The molecule has 2 heterocycles. The van der Waals surface area contributed by atoms with E-state index in [-0.39, 0.29) is 32.2 Å². The highest BCUT2D eigenvalue weighted by Gasteiger charge is 2.39. The number of carbonyl (C=O) groups excluding carboxylic acids is 4. The fraction of sp³-hybridized carbons (Fsp3) is 0.550. The van der Waals surface area contributed by atoms with Crippen LogP contribution in [-0.4, -0.2) is 91.4 Å². The summed E-state index contributed by atoms with van der Waals surface area (Å²) >= 11 is 0. The second-order valence-electron chi connectivity index (χ2n) is 8.14. The highest BCUT2D eigenvalue weighted by Crippen LogP contribution is 2.20. The smallest absolute Gasteiger partial charge is 0.326 e. The minimum Gasteiger partial charge on any atom is -0.481 e. The van der Waals surface area contributed by atoms with Crippen molar-refractivity contribution in [2.75, 3.05) is 6.54 Å². The summed E-state index contributed by atoms with van der Waals surface area (Å²) in [7, 11) is 0. The molecule has 4 amide bonds. The Morgan fingerprint density at radius 1 is 1.17 bits per heavy atom. The molecule has 9 N–H and O–H groups in total. The number of aromatic amines is 1. The lowest BCUT2D eigenvalue weighted by Crippen LogP contribution is -2.57. The maximum atomic E-state index is 13.4. The molecule has 1 aromatic rings. The molecule has 1 saturated heterocycles. The van der Waals surface area contributed by atoms with E-state index >= 15 is 0 Å². The summed E-state index contributed by atoms with van der Waals surface area (Å²) in [6.45, 7) is 0.172. The molecule has 1 aliphatic rings. The van der Waals surface area contributed by atoms with Crippen LogP contribution in [0.25, 0.3) is 0 Å². The summed E-state index contributed by atoms with van der Waals surface area (Å²) in [5.74, 6) is -5.62. The Kier molecular flexibility index (Phi) is 9.69. The Hall–Kier alpha value is -4.01. The number of aliphatic carboxylic acids is 2. The van der Waals surface area contributed by atoms with Crippen molar-refractivity contribution in [1.29, 1.82) is 0 Å². The summed E-state index contributed by atoms with van der Waals surface area (Å²) in [5.41, 5.74) is 11.3. The van der Waals surface area contributed by atoms with Crippen LogP contribution in [0.15, 0.2) is 12.5 Å². The van der Waals surface area contributed by atoms with Crippen molar-refractivity contribution >= 4 is 35.6 Å². The minimum absolute atomic E-state index is 0.0134. The van der Waals surface area contributed by atoms with Gasteiger partial charge in [-0.1, -0.05) is 0 Å². The summed E-state index contributed by atoms with van der Waals surface area (Å²) in [6.07, 6.45) is 2.41. The summed E-state index contributed by atoms with van der Waals surface area (Å²) in [5, 5.41) is 22.8. The van der Waals surface area contributed by atoms with E-state index < -0.39 is 66.2 Å². The standard InChI is InChI=1S/C20H29N7O8/c21-11(3-4-16(29)30)17(31)25-12(6-10-8-23-9-24-10)19(33)27-5-1-2-14(27)18(32)26-13(20(34)35)7-15(22)28/h8-9,11-14H,1-7,21H2,(H2,22,28)(H,23,24)(H,25,31)(H,26,32)(H,29,30)(H,34,35). The maximum Gasteiger partial charge on any atom is 0.326 e. The molecule has 0 saturated carbocycles. The van der Waals surface area contributed by atoms with Crippen LogP contribution in [0.2, 0.25) is 0 Å². The van der Waals surface area contributed by atoms with Gasteiger partial charge in [-0.15, -0.1) is 0 Å². The van der Waals surface area contributed by atoms with Gasteiger partial charge in [0.25, 0.3) is 0 Å². The number of carboxylic acid groups (broad SMARTS) is 2. The number of nitrogens with two attached hydrogens (primary N) is 2. The predicted octanol–water partition coefficient (Wildman–Crippen LogP) is -2.94. The average Bonchev–Trinajstić information content (AvgIpc) is 3.47. The maximum absolute atomic E-state index is 13.4. The molecule has 4 unspecified atom stereocenters. The number of aromatic nitrogens is 2. The highest BCUT2D eigenvalue weighted by atomic mass is 16.4. The number of H-pyrrole nitrogens is 1. The topological polar surface area (TPSA) is 251 Å². The molecule has 2 rings (SSSR count). The van der Waals surface area contributed by atoms with Crippen LogP contribution in [0.5, 0.6) is 0 Å². The van der Waals surface area contributed by atoms with Crippen LogP contribution in [0.1, 0.15) is 37.8 Å². The first kappa shape index (κ1) is 27.2. The molecule has 1 fully saturated rings. The quantitative estimate of drug-likeness (QED) is 0.147. The van der Waals surface area contributed by atoms with E-state index in [0.29, 0.717) is 12.1 Å². The lowest BCUT2D eigenvalue weighted by molar-refractivity contribution is -0.146. The number of likely N-dealkylation sites (tertiary alicyclic amines) is 1. The molecule has 4 atom stereocenters. The van der Waals surface area contributed by atoms with Crippen molar-refractivity contribution in [2.45, 2.75) is 62.7 Å². The molecule has 0 radical (unpaired) electrons. The monoisotopic (exact) mass is 495 g/mol. The first-order valence-electron chi connectivity index (χ1n) is 10.9. The van der Waals surface area contributed by atoms with Gasteiger partial charge in [0.15, 0.2) is 0 Å². The van der Waals surface area contributed by atoms with E-state index in [1.165, 1.54) is 17.4 Å². The highest BCUT2D eigenvalue weighted by molar-refractivity contribution is 5.95. The number of carbonyl (C=O) groups is 6. The number of rotatable bonds is 13. The third-order valence-electron chi connectivity index (χ3n) is 5.46. The van der Waals surface area contributed by atoms with Crippen molar-refractivity contribution in [3.8, 4) is 0 Å². The molecular weight excluding hydrogens is 466 g/mol. The summed E-state index contributed by atoms with van der Waals surface area (Å²) in [6, 6.07) is -4.91. The van der Waals surface area contributed by atoms with Crippen LogP contribution < -0.4 is 22.1 Å². The van der Waals surface area contributed by atoms with Gasteiger partial charge in [-0.2, -0.15) is 0 Å². The molecule has 0 aliphatic carbocycles. The van der Waals surface area contributed by atoms with E-state index in [4.69, 9.17) is 16.6 Å². The van der Waals surface area contributed by atoms with Gasteiger partial charge >= 0.3 is 11.9 Å². The number of carboxylic acids is 2. The molecule has 0 spiro atoms. The lowest BCUT2D eigenvalue weighted by Gasteiger charge is -2.29. The van der Waals surface area contributed by atoms with E-state index in [2.05, 4.69) is 20.6 Å². The first-order chi connectivity index (χ1) is 16.5. The van der Waals surface area contributed by atoms with Crippen molar-refractivity contribution in [1.82, 2.24) is 25.5 Å². The Labute approximate surface area is 199 Å². The van der Waals surface area contributed by atoms with E-state index in [9.17, 15) is 33.9 Å². The molecule has 0 bridgehead atoms. The summed E-state index contributed by atoms with van der Waals surface area (Å²) in [4.78, 5) is 79.8. The number of nitrogens with zero attached hydrogens (tertiary/aromatic N) is 2. The molecule has 15 nitrogen and oxygen atoms in total. The number of imidazole rings is 1. The van der Waals surface area contributed by atoms with Crippen LogP contribution in [0.3, 0.4) is 0 Å². The molecule has 1 aromatic heterocycles. The number of hydrogen-bond donors (Lipinski definition) is 7. The van der Waals surface area contributed by atoms with Crippen molar-refractivity contribution in [2.24, 2.45) is 11.5 Å². The zero-order chi connectivity index (χ0) is 26.1. The Morgan fingerprint density at radius 2 is 1.89 bits per heavy atom. The van der Waals surface area contributed by atoms with Gasteiger partial charge in [-0.3, -0.25) is 24.0 Å². The van der Waals surface area contributed by atoms with Crippen LogP contribution >= 0.6 is 0 Å². The lowest BCUT2D eigenvalue weighted by atomic mass is 10.1. The van der Waals surface area contributed by atoms with Gasteiger partial charge in [0.2, 0.25) is 23.6 Å². The largest absolute Gasteiger partial charge is 0.481 e. The third kappa shape index (κ3) is 8.06. The number of nitrogens with one attached hydrogen (secondary N) is 3. The third-order valence-corrected chi connectivity index (χ3v) is 5.46. The molecule has 0 aromatic carbocycles. The van der Waals surface area contributed by atoms with E-state index in [1.54, 1.807) is 0 Å². The number of primary amides is 1. The molecule has 192 valence electrons. The number of hydrogen-bond acceptors (Lipinski definition) is 8. The van der Waals surface area contributed by atoms with Crippen LogP contribution in [0, 0.1) is 0 Å². The summed E-state index contributed by atoms with van der Waals surface area (Å²) < 4.78 is 0. The second-order valence-corrected chi connectivity index (χ2v) is 8.14. The van der Waals surface area contributed by atoms with E-state index in [0.717, 1.165) is 0 Å². The molecule has 15 heteroatoms. The molecule has 1 aliphatic heterocycles. The Balaban J connectivity index is 2.16. The first-order valence-corrected chi connectivity index (χ1v) is 10.9.